The van der Waals surface area contributed by atoms with Crippen molar-refractivity contribution >= 4 is 48.1 Å². The fraction of sp³-hybridized carbons (Fsp3) is 0.400. The first-order valence-corrected chi connectivity index (χ1v) is 6.15. The minimum absolute atomic E-state index is 0. The first kappa shape index (κ1) is 19.5. The fourth-order valence-corrected chi connectivity index (χ4v) is 1.16. The van der Waals surface area contributed by atoms with Crippen LogP contribution in [0.4, 0.5) is 0 Å². The van der Waals surface area contributed by atoms with Crippen LogP contribution >= 0.6 is 0 Å². The molecule has 0 aliphatic carbocycles. The summed E-state index contributed by atoms with van der Waals surface area (Å²) in [6.45, 7) is 5.67. The summed E-state index contributed by atoms with van der Waals surface area (Å²) in [5.74, 6) is 0.0926. The molecule has 7 heteroatoms. The topological polar surface area (TPSA) is 72.8 Å². The van der Waals surface area contributed by atoms with Crippen LogP contribution in [0.5, 0.6) is 5.75 Å². The van der Waals surface area contributed by atoms with Crippen LogP contribution in [0.15, 0.2) is 30.3 Å². The standard InChI is InChI=1S/C6H6O4S.C4H10O.Ca.2H/c7-11(8,9)10-6-4-2-1-3-5-6;1-3-5-4-2;;;/h1-5H,(H,7,8,9);3-4H2,1-2H3;;;. The number of rotatable bonds is 4. The molecule has 0 unspecified atom stereocenters. The molecular formula is C10H18CaO5S. The van der Waals surface area contributed by atoms with Gasteiger partial charge in [-0.1, -0.05) is 18.2 Å². The van der Waals surface area contributed by atoms with E-state index in [0.717, 1.165) is 13.2 Å². The van der Waals surface area contributed by atoms with Crippen LogP contribution in [-0.2, 0) is 15.1 Å². The third-order valence-corrected chi connectivity index (χ3v) is 1.76. The molecule has 17 heavy (non-hydrogen) atoms. The second-order valence-corrected chi connectivity index (χ2v) is 3.63. The summed E-state index contributed by atoms with van der Waals surface area (Å²) in [4.78, 5) is 0. The zero-order chi connectivity index (χ0) is 12.4. The van der Waals surface area contributed by atoms with E-state index < -0.39 is 10.4 Å². The maximum atomic E-state index is 10.1. The second kappa shape index (κ2) is 11.3. The molecule has 1 aromatic carbocycles. The van der Waals surface area contributed by atoms with Crippen LogP contribution in [0, 0.1) is 0 Å². The Morgan fingerprint density at radius 1 is 1.12 bits per heavy atom. The molecule has 0 atom stereocenters. The van der Waals surface area contributed by atoms with Gasteiger partial charge in [-0.15, -0.1) is 0 Å². The molecule has 5 nitrogen and oxygen atoms in total. The van der Waals surface area contributed by atoms with Crippen molar-refractivity contribution in [2.24, 2.45) is 0 Å². The van der Waals surface area contributed by atoms with Crippen molar-refractivity contribution in [2.75, 3.05) is 13.2 Å². The number of hydrogen-bond donors (Lipinski definition) is 1. The van der Waals surface area contributed by atoms with Gasteiger partial charge in [0.05, 0.1) is 0 Å². The molecule has 0 aliphatic rings. The summed E-state index contributed by atoms with van der Waals surface area (Å²) in [5.41, 5.74) is 0. The van der Waals surface area contributed by atoms with Crippen molar-refractivity contribution in [1.29, 1.82) is 0 Å². The van der Waals surface area contributed by atoms with E-state index in [1.54, 1.807) is 18.2 Å². The number of para-hydroxylation sites is 1. The van der Waals surface area contributed by atoms with Gasteiger partial charge in [-0.05, 0) is 26.0 Å². The first-order chi connectivity index (χ1) is 7.49. The Balaban J connectivity index is 0. The fourth-order valence-electron chi connectivity index (χ4n) is 0.802. The predicted molar refractivity (Wildman–Crippen MR) is 69.3 cm³/mol. The molecule has 0 amide bonds. The van der Waals surface area contributed by atoms with Gasteiger partial charge in [-0.2, -0.15) is 8.42 Å². The third-order valence-electron chi connectivity index (χ3n) is 1.35. The van der Waals surface area contributed by atoms with Gasteiger partial charge in [-0.25, -0.2) is 0 Å². The normalized spacial score (nSPS) is 9.59. The summed E-state index contributed by atoms with van der Waals surface area (Å²) in [6, 6.07) is 7.75. The van der Waals surface area contributed by atoms with Crippen LogP contribution in [0.25, 0.3) is 0 Å². The molecule has 1 aromatic rings. The maximum absolute atomic E-state index is 10.1. The van der Waals surface area contributed by atoms with Crippen LogP contribution in [0.3, 0.4) is 0 Å². The molecule has 0 spiro atoms. The Labute approximate surface area is 132 Å². The SMILES string of the molecule is CCOCC.O=S(=O)(O)Oc1ccccc1.[CaH2]. The molecule has 0 aliphatic heterocycles. The van der Waals surface area contributed by atoms with Gasteiger partial charge in [0.25, 0.3) is 0 Å². The minimum atomic E-state index is -4.38. The zero-order valence-corrected chi connectivity index (χ0v) is 10.1. The number of hydrogen-bond acceptors (Lipinski definition) is 4. The van der Waals surface area contributed by atoms with Gasteiger partial charge in [0.1, 0.15) is 5.75 Å². The summed E-state index contributed by atoms with van der Waals surface area (Å²) in [7, 11) is -4.38. The van der Waals surface area contributed by atoms with Crippen LogP contribution in [-0.4, -0.2) is 63.9 Å². The Hall–Kier alpha value is 0.150. The molecule has 0 saturated carbocycles. The Bertz CT molecular complexity index is 364. The average molecular weight is 290 g/mol. The molecule has 0 bridgehead atoms. The monoisotopic (exact) mass is 290 g/mol. The van der Waals surface area contributed by atoms with E-state index in [1.165, 1.54) is 12.1 Å². The van der Waals surface area contributed by atoms with Gasteiger partial charge in [-0.3, -0.25) is 4.55 Å². The van der Waals surface area contributed by atoms with Gasteiger partial charge in [0.15, 0.2) is 0 Å². The predicted octanol–water partition coefficient (Wildman–Crippen LogP) is 0.995. The second-order valence-electron chi connectivity index (χ2n) is 2.61. The van der Waals surface area contributed by atoms with Crippen LogP contribution in [0.2, 0.25) is 0 Å². The summed E-state index contributed by atoms with van der Waals surface area (Å²) in [6.07, 6.45) is 0. The van der Waals surface area contributed by atoms with E-state index in [1.807, 2.05) is 13.8 Å². The Morgan fingerprint density at radius 3 is 1.88 bits per heavy atom. The Kier molecular flexibility index (Phi) is 12.9. The van der Waals surface area contributed by atoms with E-state index in [9.17, 15) is 8.42 Å². The number of benzene rings is 1. The molecule has 1 rings (SSSR count). The van der Waals surface area contributed by atoms with Gasteiger partial charge in [0, 0.05) is 13.2 Å². The van der Waals surface area contributed by atoms with Crippen LogP contribution in [0.1, 0.15) is 13.8 Å². The molecular weight excluding hydrogens is 272 g/mol. The number of ether oxygens (including phenoxy) is 1. The van der Waals surface area contributed by atoms with Crippen molar-refractivity contribution in [3.05, 3.63) is 30.3 Å². The van der Waals surface area contributed by atoms with E-state index >= 15 is 0 Å². The van der Waals surface area contributed by atoms with Crippen molar-refractivity contribution < 1.29 is 21.9 Å². The van der Waals surface area contributed by atoms with Crippen molar-refractivity contribution in [3.8, 4) is 5.75 Å². The van der Waals surface area contributed by atoms with Gasteiger partial charge in [0.2, 0.25) is 0 Å². The third kappa shape index (κ3) is 14.1. The van der Waals surface area contributed by atoms with Crippen molar-refractivity contribution in [3.63, 3.8) is 0 Å². The molecule has 0 radical (unpaired) electrons. The quantitative estimate of drug-likeness (QED) is 0.661. The average Bonchev–Trinajstić information content (AvgIpc) is 2.19. The van der Waals surface area contributed by atoms with Gasteiger partial charge < -0.3 is 8.92 Å². The van der Waals surface area contributed by atoms with Gasteiger partial charge >= 0.3 is 48.1 Å². The summed E-state index contributed by atoms with van der Waals surface area (Å²) >= 11 is 0. The Morgan fingerprint density at radius 2 is 1.59 bits per heavy atom. The molecule has 0 heterocycles. The van der Waals surface area contributed by atoms with E-state index in [4.69, 9.17) is 9.29 Å². The van der Waals surface area contributed by atoms with E-state index in [2.05, 4.69) is 4.18 Å². The molecule has 1 N–H and O–H groups in total. The van der Waals surface area contributed by atoms with Crippen molar-refractivity contribution in [1.82, 2.24) is 0 Å². The van der Waals surface area contributed by atoms with Crippen molar-refractivity contribution in [2.45, 2.75) is 13.8 Å². The zero-order valence-electron chi connectivity index (χ0n) is 9.29. The van der Waals surface area contributed by atoms with E-state index in [-0.39, 0.29) is 43.5 Å². The molecule has 0 aromatic heterocycles. The summed E-state index contributed by atoms with van der Waals surface area (Å²) < 4.78 is 37.5. The first-order valence-electron chi connectivity index (χ1n) is 4.79. The van der Waals surface area contributed by atoms with Crippen LogP contribution < -0.4 is 4.18 Å². The van der Waals surface area contributed by atoms with E-state index in [0.29, 0.717) is 0 Å². The molecule has 0 fully saturated rings. The molecule has 0 saturated heterocycles. The molecule has 96 valence electrons. The summed E-state index contributed by atoms with van der Waals surface area (Å²) in [5, 5.41) is 0.